The Bertz CT molecular complexity index is 4570. The van der Waals surface area contributed by atoms with Crippen molar-refractivity contribution < 1.29 is 11.6 Å². The van der Waals surface area contributed by atoms with E-state index in [0.717, 1.165) is 81.6 Å². The molecule has 0 atom stereocenters. The van der Waals surface area contributed by atoms with Crippen LogP contribution in [0.3, 0.4) is 0 Å². The van der Waals surface area contributed by atoms with Gasteiger partial charge in [-0.1, -0.05) is 221 Å². The molecule has 0 saturated heterocycles. The van der Waals surface area contributed by atoms with Gasteiger partial charge >= 0.3 is 0 Å². The van der Waals surface area contributed by atoms with Crippen LogP contribution < -0.4 is 14.5 Å². The first-order valence-electron chi connectivity index (χ1n) is 35.0. The van der Waals surface area contributed by atoms with E-state index in [2.05, 4.69) is 216 Å². The Hall–Kier alpha value is -7.89. The Balaban J connectivity index is 0.956. The van der Waals surface area contributed by atoms with E-state index < -0.39 is 18.6 Å². The van der Waals surface area contributed by atoms with Crippen molar-refractivity contribution in [1.29, 1.82) is 0 Å². The van der Waals surface area contributed by atoms with Crippen molar-refractivity contribution in [1.82, 2.24) is 9.55 Å². The Morgan fingerprint density at radius 2 is 1.09 bits per heavy atom. The number of aromatic nitrogens is 2. The zero-order valence-electron chi connectivity index (χ0n) is 60.9. The smallest absolute Gasteiger partial charge is 0.137 e. The molecule has 2 aliphatic carbocycles. The highest BCUT2D eigenvalue weighted by molar-refractivity contribution is 6.11. The molecule has 13 rings (SSSR count). The van der Waals surface area contributed by atoms with Crippen molar-refractivity contribution in [3.63, 3.8) is 0 Å². The average Bonchev–Trinajstić information content (AvgIpc) is 0.737. The number of hydrogen-bond acceptors (Lipinski definition) is 4. The van der Waals surface area contributed by atoms with Crippen LogP contribution in [-0.2, 0) is 38.9 Å². The molecule has 0 spiro atoms. The molecule has 3 heterocycles. The molecule has 10 aromatic rings. The lowest BCUT2D eigenvalue weighted by atomic mass is 9.55. The summed E-state index contributed by atoms with van der Waals surface area (Å²) < 4.78 is 56.6. The van der Waals surface area contributed by atoms with Gasteiger partial charge in [0, 0.05) is 58.3 Å². The summed E-state index contributed by atoms with van der Waals surface area (Å²) in [5.74, 6) is 1.69. The van der Waals surface area contributed by atoms with Gasteiger partial charge in [-0.3, -0.25) is 4.57 Å². The molecule has 5 nitrogen and oxygen atoms in total. The van der Waals surface area contributed by atoms with E-state index in [-0.39, 0.29) is 38.1 Å². The second-order valence-electron chi connectivity index (χ2n) is 31.8. The Labute approximate surface area is 539 Å². The van der Waals surface area contributed by atoms with Crippen molar-refractivity contribution in [2.24, 2.45) is 5.41 Å². The fourth-order valence-electron chi connectivity index (χ4n) is 14.9. The highest BCUT2D eigenvalue weighted by atomic mass is 16.5. The van der Waals surface area contributed by atoms with Gasteiger partial charge in [-0.2, -0.15) is 0 Å². The second-order valence-corrected chi connectivity index (χ2v) is 31.8. The van der Waals surface area contributed by atoms with Gasteiger partial charge in [0.05, 0.1) is 28.1 Å². The molecular formula is C84H94N4O. The Morgan fingerprint density at radius 3 is 1.71 bits per heavy atom. The molecular weight excluding hydrogens is 1080 g/mol. The molecule has 8 aromatic carbocycles. The highest BCUT2D eigenvalue weighted by Crippen LogP contribution is 2.59. The van der Waals surface area contributed by atoms with E-state index in [0.29, 0.717) is 46.0 Å². The van der Waals surface area contributed by atoms with Gasteiger partial charge in [-0.05, 0) is 187 Å². The van der Waals surface area contributed by atoms with Crippen LogP contribution in [0.2, 0.25) is 0 Å². The number of nitrogens with zero attached hydrogens (tertiary/aromatic N) is 4. The van der Waals surface area contributed by atoms with Gasteiger partial charge in [0.1, 0.15) is 24.0 Å². The van der Waals surface area contributed by atoms with Crippen molar-refractivity contribution >= 4 is 44.6 Å². The zero-order valence-corrected chi connectivity index (χ0v) is 55.9. The SMILES string of the molecule is [2H]C([2H])([2H])c1cccc2c1c1ccc(Oc3cccc(N4CN(c5c(-c6ccccc6)cccc5-c5cc(C(C)(C)C)cc(C(C)(C)C)c5)c5ccccc54)c3)cc1n2-c1cc(C([2H])([2H])C(C)(C)C)c(-c2c3c(cc4c2C(C)(C)CCC4(C)C)C(C)(C)CCC3(C)C)cn1. The molecule has 0 saturated carbocycles. The van der Waals surface area contributed by atoms with E-state index in [1.807, 2.05) is 80.1 Å². The third kappa shape index (κ3) is 10.7. The molecule has 1 aliphatic heterocycles. The summed E-state index contributed by atoms with van der Waals surface area (Å²) in [4.78, 5) is 10.3. The van der Waals surface area contributed by atoms with Crippen molar-refractivity contribution in [3.8, 4) is 50.7 Å². The van der Waals surface area contributed by atoms with Gasteiger partial charge in [-0.15, -0.1) is 0 Å². The van der Waals surface area contributed by atoms with Crippen molar-refractivity contribution in [3.05, 3.63) is 214 Å². The highest BCUT2D eigenvalue weighted by Gasteiger charge is 2.47. The van der Waals surface area contributed by atoms with Crippen LogP contribution in [0.5, 0.6) is 11.5 Å². The first-order valence-corrected chi connectivity index (χ1v) is 32.5. The summed E-state index contributed by atoms with van der Waals surface area (Å²) in [6.45, 7) is 36.9. The normalized spacial score (nSPS) is 17.9. The maximum absolute atomic E-state index is 10.4. The monoisotopic (exact) mass is 1180 g/mol. The molecule has 0 amide bonds. The van der Waals surface area contributed by atoms with Crippen LogP contribution in [0.15, 0.2) is 170 Å². The number of rotatable bonds is 9. The number of pyridine rings is 1. The predicted molar refractivity (Wildman–Crippen MR) is 379 cm³/mol. The molecule has 2 aromatic heterocycles. The minimum atomic E-state index is -2.44. The standard InChI is InChI=1S/C84H94N4O/c1-53-27-24-36-70-73(53)64-38-37-61(48-71(64)88(70)72-45-56(50-78(2,3)4)65(51-85-72)74-75-66(81(11,12)39-41-83(75,15)16)49-67-76(74)84(17,18)42-40-82(67,13)14)89-60-31-25-30-59(47-60)86-52-87(69-35-23-22-34-68(69)86)77-62(54-28-20-19-21-29-54)32-26-33-63(77)55-43-57(79(5,6)7)46-58(44-55)80(8,9)10/h19-38,43-49,51H,39-42,50,52H2,1-18H3/i1D3,50D2. The third-order valence-corrected chi connectivity index (χ3v) is 20.0. The largest absolute Gasteiger partial charge is 0.457 e. The number of fused-ring (bicyclic) bond motifs is 6. The minimum absolute atomic E-state index is 0.0719. The summed E-state index contributed by atoms with van der Waals surface area (Å²) >= 11 is 0. The van der Waals surface area contributed by atoms with Gasteiger partial charge in [0.15, 0.2) is 0 Å². The molecule has 89 heavy (non-hydrogen) atoms. The molecule has 5 heteroatoms. The number of anilines is 4. The number of para-hydroxylation sites is 3. The van der Waals surface area contributed by atoms with E-state index in [1.54, 1.807) is 6.07 Å². The number of aryl methyl sites for hydroxylation is 1. The lowest BCUT2D eigenvalue weighted by Gasteiger charge is -2.49. The fraction of sp³-hybridized carbons (Fsp3) is 0.369. The molecule has 0 bridgehead atoms. The number of hydrogen-bond donors (Lipinski definition) is 0. The maximum Gasteiger partial charge on any atom is 0.137 e. The fourth-order valence-corrected chi connectivity index (χ4v) is 14.9. The summed E-state index contributed by atoms with van der Waals surface area (Å²) in [7, 11) is 0. The lowest BCUT2D eigenvalue weighted by Crippen LogP contribution is -2.40. The number of ether oxygens (including phenoxy) is 1. The van der Waals surface area contributed by atoms with E-state index in [4.69, 9.17) is 13.8 Å². The van der Waals surface area contributed by atoms with E-state index in [1.165, 1.54) is 38.9 Å². The zero-order chi connectivity index (χ0) is 67.4. The summed E-state index contributed by atoms with van der Waals surface area (Å²) in [5, 5.41) is 1.33. The predicted octanol–water partition coefficient (Wildman–Crippen LogP) is 23.4. The summed E-state index contributed by atoms with van der Waals surface area (Å²) in [5.41, 5.74) is 19.3. The van der Waals surface area contributed by atoms with Gasteiger partial charge in [-0.25, -0.2) is 4.98 Å². The topological polar surface area (TPSA) is 33.5 Å². The van der Waals surface area contributed by atoms with Crippen LogP contribution in [0, 0.1) is 12.3 Å². The quantitative estimate of drug-likeness (QED) is 0.144. The van der Waals surface area contributed by atoms with E-state index >= 15 is 0 Å². The molecule has 0 fully saturated rings. The third-order valence-electron chi connectivity index (χ3n) is 20.0. The van der Waals surface area contributed by atoms with Crippen LogP contribution in [0.25, 0.3) is 61.0 Å². The first kappa shape index (κ1) is 54.1. The molecule has 0 N–H and O–H groups in total. The molecule has 0 radical (unpaired) electrons. The molecule has 456 valence electrons. The van der Waals surface area contributed by atoms with E-state index in [9.17, 15) is 2.74 Å². The van der Waals surface area contributed by atoms with Crippen molar-refractivity contribution in [2.45, 2.75) is 189 Å². The Morgan fingerprint density at radius 1 is 0.517 bits per heavy atom. The minimum Gasteiger partial charge on any atom is -0.457 e. The lowest BCUT2D eigenvalue weighted by molar-refractivity contribution is 0.314. The van der Waals surface area contributed by atoms with Crippen LogP contribution in [-0.4, -0.2) is 16.2 Å². The summed E-state index contributed by atoms with van der Waals surface area (Å²) in [6.07, 6.45) is 4.20. The van der Waals surface area contributed by atoms with Gasteiger partial charge in [0.25, 0.3) is 0 Å². The van der Waals surface area contributed by atoms with Crippen LogP contribution in [0.1, 0.15) is 195 Å². The van der Waals surface area contributed by atoms with Crippen molar-refractivity contribution in [2.75, 3.05) is 16.5 Å². The number of benzene rings is 8. The van der Waals surface area contributed by atoms with Gasteiger partial charge < -0.3 is 14.5 Å². The first-order chi connectivity index (χ1) is 43.9. The molecule has 0 unspecified atom stereocenters. The van der Waals surface area contributed by atoms with Crippen LogP contribution in [0.4, 0.5) is 22.7 Å². The molecule has 3 aliphatic rings. The Kier molecular flexibility index (Phi) is 12.8. The maximum atomic E-state index is 10.4. The van der Waals surface area contributed by atoms with Crippen LogP contribution >= 0.6 is 0 Å². The van der Waals surface area contributed by atoms with Gasteiger partial charge in [0.2, 0.25) is 0 Å². The summed E-state index contributed by atoms with van der Waals surface area (Å²) in [6, 6.07) is 57.5. The average molecular weight is 1180 g/mol. The second kappa shape index (κ2) is 21.1.